The minimum atomic E-state index is -0.994. The number of halogens is 3. The molecule has 2 aromatic rings. The molecule has 1 aromatic heterocycles. The predicted octanol–water partition coefficient (Wildman–Crippen LogP) is 2.55. The van der Waals surface area contributed by atoms with Gasteiger partial charge in [-0.1, -0.05) is 0 Å². The Labute approximate surface area is 95.9 Å². The van der Waals surface area contributed by atoms with Gasteiger partial charge in [0, 0.05) is 30.1 Å². The number of rotatable bonds is 2. The number of hydrogen-bond donors (Lipinski definition) is 1. The van der Waals surface area contributed by atoms with Gasteiger partial charge in [-0.05, 0) is 17.7 Å². The Morgan fingerprint density at radius 2 is 1.53 bits per heavy atom. The first-order valence-electron chi connectivity index (χ1n) is 4.89. The van der Waals surface area contributed by atoms with Gasteiger partial charge in [-0.3, -0.25) is 4.98 Å². The smallest absolute Gasteiger partial charge is 0.134 e. The number of aromatic nitrogens is 1. The Balaban J connectivity index is 2.48. The summed E-state index contributed by atoms with van der Waals surface area (Å²) in [6, 6.07) is 3.33. The van der Waals surface area contributed by atoms with Crippen LogP contribution in [0.5, 0.6) is 0 Å². The number of hydrogen-bond acceptors (Lipinski definition) is 2. The molecule has 2 N–H and O–H groups in total. The summed E-state index contributed by atoms with van der Waals surface area (Å²) < 4.78 is 39.7. The molecule has 0 fully saturated rings. The second-order valence-corrected chi connectivity index (χ2v) is 3.54. The average Bonchev–Trinajstić information content (AvgIpc) is 2.28. The Hall–Kier alpha value is -1.88. The molecule has 0 saturated carbocycles. The number of pyridine rings is 1. The van der Waals surface area contributed by atoms with Crippen molar-refractivity contribution in [2.45, 2.75) is 6.04 Å². The third-order valence-electron chi connectivity index (χ3n) is 2.42. The van der Waals surface area contributed by atoms with Crippen LogP contribution in [0.3, 0.4) is 0 Å². The summed E-state index contributed by atoms with van der Waals surface area (Å²) in [5.74, 6) is -2.95. The third-order valence-corrected chi connectivity index (χ3v) is 2.42. The van der Waals surface area contributed by atoms with Gasteiger partial charge in [0.25, 0.3) is 0 Å². The maximum atomic E-state index is 13.5. The molecular formula is C12H9F3N2. The Morgan fingerprint density at radius 1 is 1.00 bits per heavy atom. The highest BCUT2D eigenvalue weighted by molar-refractivity contribution is 5.32. The largest absolute Gasteiger partial charge is 0.320 e. The number of nitrogens with zero attached hydrogens (tertiary/aromatic N) is 1. The van der Waals surface area contributed by atoms with E-state index < -0.39 is 23.5 Å². The minimum Gasteiger partial charge on any atom is -0.320 e. The van der Waals surface area contributed by atoms with Crippen LogP contribution < -0.4 is 5.73 Å². The first kappa shape index (κ1) is 11.6. The summed E-state index contributed by atoms with van der Waals surface area (Å²) in [6.07, 6.45) is 2.93. The summed E-state index contributed by atoms with van der Waals surface area (Å²) in [7, 11) is 0. The highest BCUT2D eigenvalue weighted by Crippen LogP contribution is 2.25. The highest BCUT2D eigenvalue weighted by Gasteiger charge is 2.19. The fraction of sp³-hybridized carbons (Fsp3) is 0.0833. The molecule has 2 rings (SSSR count). The van der Waals surface area contributed by atoms with Gasteiger partial charge in [0.2, 0.25) is 0 Å². The second-order valence-electron chi connectivity index (χ2n) is 3.54. The molecular weight excluding hydrogens is 229 g/mol. The molecule has 17 heavy (non-hydrogen) atoms. The van der Waals surface area contributed by atoms with E-state index in [2.05, 4.69) is 4.98 Å². The van der Waals surface area contributed by atoms with Gasteiger partial charge in [-0.25, -0.2) is 13.2 Å². The first-order chi connectivity index (χ1) is 8.09. The van der Waals surface area contributed by atoms with E-state index >= 15 is 0 Å². The topological polar surface area (TPSA) is 38.9 Å². The molecule has 1 heterocycles. The van der Waals surface area contributed by atoms with Gasteiger partial charge in [-0.2, -0.15) is 0 Å². The number of nitrogens with two attached hydrogens (primary N) is 1. The zero-order chi connectivity index (χ0) is 12.4. The zero-order valence-corrected chi connectivity index (χ0v) is 8.70. The van der Waals surface area contributed by atoms with Crippen LogP contribution in [0.4, 0.5) is 13.2 Å². The predicted molar refractivity (Wildman–Crippen MR) is 56.6 cm³/mol. The van der Waals surface area contributed by atoms with Gasteiger partial charge < -0.3 is 5.73 Å². The van der Waals surface area contributed by atoms with Gasteiger partial charge in [0.05, 0.1) is 6.04 Å². The van der Waals surface area contributed by atoms with Crippen molar-refractivity contribution < 1.29 is 13.2 Å². The highest BCUT2D eigenvalue weighted by atomic mass is 19.1. The SMILES string of the molecule is NC(c1ccncc1)c1c(F)cc(F)cc1F. The van der Waals surface area contributed by atoms with Crippen LogP contribution in [-0.4, -0.2) is 4.98 Å². The standard InChI is InChI=1S/C12H9F3N2/c13-8-5-9(14)11(10(15)6-8)12(16)7-1-3-17-4-2-7/h1-6,12H,16H2. The van der Waals surface area contributed by atoms with Crippen molar-refractivity contribution in [2.24, 2.45) is 5.73 Å². The minimum absolute atomic E-state index is 0.349. The summed E-state index contributed by atoms with van der Waals surface area (Å²) in [4.78, 5) is 3.78. The zero-order valence-electron chi connectivity index (χ0n) is 8.70. The number of benzene rings is 1. The van der Waals surface area contributed by atoms with Crippen molar-refractivity contribution in [3.05, 3.63) is 65.2 Å². The molecule has 2 nitrogen and oxygen atoms in total. The van der Waals surface area contributed by atoms with E-state index in [1.807, 2.05) is 0 Å². The van der Waals surface area contributed by atoms with Gasteiger partial charge in [-0.15, -0.1) is 0 Å². The molecule has 5 heteroatoms. The fourth-order valence-corrected chi connectivity index (χ4v) is 1.59. The van der Waals surface area contributed by atoms with Crippen LogP contribution in [-0.2, 0) is 0 Å². The van der Waals surface area contributed by atoms with Crippen molar-refractivity contribution in [1.82, 2.24) is 4.98 Å². The Kier molecular flexibility index (Phi) is 3.10. The van der Waals surface area contributed by atoms with E-state index in [1.165, 1.54) is 12.4 Å². The van der Waals surface area contributed by atoms with E-state index in [0.717, 1.165) is 0 Å². The quantitative estimate of drug-likeness (QED) is 0.873. The summed E-state index contributed by atoms with van der Waals surface area (Å²) in [5.41, 5.74) is 5.89. The van der Waals surface area contributed by atoms with Gasteiger partial charge in [0.15, 0.2) is 0 Å². The van der Waals surface area contributed by atoms with E-state index in [9.17, 15) is 13.2 Å². The summed E-state index contributed by atoms with van der Waals surface area (Å²) in [6.45, 7) is 0. The van der Waals surface area contributed by atoms with Crippen LogP contribution in [0.25, 0.3) is 0 Å². The van der Waals surface area contributed by atoms with Crippen LogP contribution in [0.2, 0.25) is 0 Å². The van der Waals surface area contributed by atoms with Crippen molar-refractivity contribution in [1.29, 1.82) is 0 Å². The van der Waals surface area contributed by atoms with E-state index in [1.54, 1.807) is 12.1 Å². The van der Waals surface area contributed by atoms with Gasteiger partial charge >= 0.3 is 0 Å². The summed E-state index contributed by atoms with van der Waals surface area (Å²) in [5, 5.41) is 0. The molecule has 1 unspecified atom stereocenters. The Morgan fingerprint density at radius 3 is 2.06 bits per heavy atom. The maximum Gasteiger partial charge on any atom is 0.134 e. The lowest BCUT2D eigenvalue weighted by Gasteiger charge is -2.14. The van der Waals surface area contributed by atoms with Crippen molar-refractivity contribution >= 4 is 0 Å². The summed E-state index contributed by atoms with van der Waals surface area (Å²) >= 11 is 0. The van der Waals surface area contributed by atoms with E-state index in [0.29, 0.717) is 17.7 Å². The first-order valence-corrected chi connectivity index (χ1v) is 4.89. The molecule has 0 aliphatic rings. The molecule has 0 aliphatic carbocycles. The molecule has 0 spiro atoms. The van der Waals surface area contributed by atoms with Crippen molar-refractivity contribution in [2.75, 3.05) is 0 Å². The van der Waals surface area contributed by atoms with E-state index in [4.69, 9.17) is 5.73 Å². The lowest BCUT2D eigenvalue weighted by atomic mass is 9.99. The van der Waals surface area contributed by atoms with Crippen molar-refractivity contribution in [3.8, 4) is 0 Å². The van der Waals surface area contributed by atoms with Gasteiger partial charge in [0.1, 0.15) is 17.5 Å². The molecule has 0 saturated heterocycles. The maximum absolute atomic E-state index is 13.5. The lowest BCUT2D eigenvalue weighted by Crippen LogP contribution is -2.16. The van der Waals surface area contributed by atoms with Crippen molar-refractivity contribution in [3.63, 3.8) is 0 Å². The fourth-order valence-electron chi connectivity index (χ4n) is 1.59. The monoisotopic (exact) mass is 238 g/mol. The van der Waals surface area contributed by atoms with E-state index in [-0.39, 0.29) is 5.56 Å². The average molecular weight is 238 g/mol. The normalized spacial score (nSPS) is 12.5. The van der Waals surface area contributed by atoms with Crippen LogP contribution >= 0.6 is 0 Å². The second kappa shape index (κ2) is 4.55. The molecule has 0 amide bonds. The molecule has 1 atom stereocenters. The molecule has 88 valence electrons. The van der Waals surface area contributed by atoms with Crippen LogP contribution in [0, 0.1) is 17.5 Å². The molecule has 0 radical (unpaired) electrons. The lowest BCUT2D eigenvalue weighted by molar-refractivity contribution is 0.515. The third kappa shape index (κ3) is 2.29. The Bertz CT molecular complexity index is 506. The molecule has 0 aliphatic heterocycles. The van der Waals surface area contributed by atoms with Crippen LogP contribution in [0.15, 0.2) is 36.7 Å². The molecule has 1 aromatic carbocycles. The van der Waals surface area contributed by atoms with Crippen LogP contribution in [0.1, 0.15) is 17.2 Å². The molecule has 0 bridgehead atoms.